The van der Waals surface area contributed by atoms with E-state index in [4.69, 9.17) is 20.8 Å². The van der Waals surface area contributed by atoms with E-state index in [-0.39, 0.29) is 28.8 Å². The molecule has 3 aromatic rings. The van der Waals surface area contributed by atoms with Crippen LogP contribution in [0.4, 0.5) is 4.39 Å². The molecule has 0 saturated carbocycles. The Morgan fingerprint density at radius 2 is 1.89 bits per heavy atom. The molecule has 0 saturated heterocycles. The molecule has 0 atom stereocenters. The molecule has 2 heterocycles. The minimum atomic E-state index is -0.707. The van der Waals surface area contributed by atoms with Gasteiger partial charge >= 0.3 is 11.9 Å². The fraction of sp³-hybridized carbons (Fsp3) is 0.167. The van der Waals surface area contributed by atoms with Crippen molar-refractivity contribution in [1.82, 2.24) is 9.78 Å². The lowest BCUT2D eigenvalue weighted by molar-refractivity contribution is 0.0438. The molecule has 1 aromatic carbocycles. The summed E-state index contributed by atoms with van der Waals surface area (Å²) in [4.78, 5) is 23.8. The Labute approximate surface area is 158 Å². The highest BCUT2D eigenvalue weighted by Crippen LogP contribution is 2.25. The average molecular weight is 393 g/mol. The van der Waals surface area contributed by atoms with Gasteiger partial charge in [0.25, 0.3) is 0 Å². The molecule has 0 aliphatic heterocycles. The third-order valence-electron chi connectivity index (χ3n) is 3.67. The molecular weight excluding hydrogens is 379 g/mol. The second-order valence-corrected chi connectivity index (χ2v) is 5.83. The standard InChI is InChI=1S/C18H14ClFN2O5/c1-10-15(16(19)22(21-10)12-5-3-11(20)4-6-12)18(24)26-9-13-7-8-14(27-13)17(23)25-2/h3-8H,9H2,1-2H3. The monoisotopic (exact) mass is 392 g/mol. The van der Waals surface area contributed by atoms with Crippen molar-refractivity contribution in [2.45, 2.75) is 13.5 Å². The number of methoxy groups -OCH3 is 1. The van der Waals surface area contributed by atoms with Gasteiger partial charge in [-0.05, 0) is 43.3 Å². The number of hydrogen-bond acceptors (Lipinski definition) is 6. The number of hydrogen-bond donors (Lipinski definition) is 0. The number of rotatable bonds is 5. The van der Waals surface area contributed by atoms with E-state index in [1.807, 2.05) is 0 Å². The molecule has 0 fully saturated rings. The number of halogens is 2. The normalized spacial score (nSPS) is 10.7. The number of carbonyl (C=O) groups excluding carboxylic acids is 2. The van der Waals surface area contributed by atoms with Crippen LogP contribution in [0.2, 0.25) is 5.15 Å². The van der Waals surface area contributed by atoms with Gasteiger partial charge in [-0.15, -0.1) is 0 Å². The van der Waals surface area contributed by atoms with Crippen LogP contribution < -0.4 is 0 Å². The van der Waals surface area contributed by atoms with E-state index in [0.29, 0.717) is 11.4 Å². The Morgan fingerprint density at radius 3 is 2.56 bits per heavy atom. The summed E-state index contributed by atoms with van der Waals surface area (Å²) in [5.74, 6) is -1.47. The van der Waals surface area contributed by atoms with Crippen LogP contribution in [-0.4, -0.2) is 28.8 Å². The van der Waals surface area contributed by atoms with Gasteiger partial charge in [-0.25, -0.2) is 18.7 Å². The van der Waals surface area contributed by atoms with E-state index < -0.39 is 17.8 Å². The predicted molar refractivity (Wildman–Crippen MR) is 92.4 cm³/mol. The molecule has 0 spiro atoms. The van der Waals surface area contributed by atoms with Gasteiger partial charge in [0.05, 0.1) is 18.5 Å². The topological polar surface area (TPSA) is 83.6 Å². The van der Waals surface area contributed by atoms with Gasteiger partial charge in [0.15, 0.2) is 0 Å². The molecule has 0 bridgehead atoms. The third kappa shape index (κ3) is 3.85. The molecular formula is C18H14ClFN2O5. The molecule has 2 aromatic heterocycles. The largest absolute Gasteiger partial charge is 0.463 e. The first kappa shape index (κ1) is 18.7. The highest BCUT2D eigenvalue weighted by Gasteiger charge is 2.23. The van der Waals surface area contributed by atoms with Crippen molar-refractivity contribution >= 4 is 23.5 Å². The number of carbonyl (C=O) groups is 2. The molecule has 27 heavy (non-hydrogen) atoms. The highest BCUT2D eigenvalue weighted by molar-refractivity contribution is 6.33. The molecule has 7 nitrogen and oxygen atoms in total. The Bertz CT molecular complexity index is 994. The van der Waals surface area contributed by atoms with E-state index in [1.165, 1.54) is 48.2 Å². The first-order valence-corrected chi connectivity index (χ1v) is 8.13. The number of aromatic nitrogens is 2. The van der Waals surface area contributed by atoms with Crippen molar-refractivity contribution in [3.05, 3.63) is 70.1 Å². The van der Waals surface area contributed by atoms with Crippen LogP contribution >= 0.6 is 11.6 Å². The average Bonchev–Trinajstić information content (AvgIpc) is 3.24. The first-order chi connectivity index (χ1) is 12.9. The second kappa shape index (κ2) is 7.63. The van der Waals surface area contributed by atoms with Crippen LogP contribution in [0.3, 0.4) is 0 Å². The molecule has 0 radical (unpaired) electrons. The SMILES string of the molecule is COC(=O)c1ccc(COC(=O)c2c(C)nn(-c3ccc(F)cc3)c2Cl)o1. The zero-order chi connectivity index (χ0) is 19.6. The summed E-state index contributed by atoms with van der Waals surface area (Å²) < 4.78 is 29.3. The Balaban J connectivity index is 1.76. The van der Waals surface area contributed by atoms with Crippen molar-refractivity contribution in [3.63, 3.8) is 0 Å². The van der Waals surface area contributed by atoms with Gasteiger partial charge in [-0.1, -0.05) is 11.6 Å². The van der Waals surface area contributed by atoms with E-state index in [0.717, 1.165) is 0 Å². The number of benzene rings is 1. The number of furan rings is 1. The summed E-state index contributed by atoms with van der Waals surface area (Å²) in [5.41, 5.74) is 0.932. The number of nitrogens with zero attached hydrogens (tertiary/aromatic N) is 2. The van der Waals surface area contributed by atoms with Crippen LogP contribution in [0.15, 0.2) is 40.8 Å². The number of esters is 2. The molecule has 0 amide bonds. The molecule has 0 aliphatic rings. The van der Waals surface area contributed by atoms with Gasteiger partial charge in [0.2, 0.25) is 5.76 Å². The molecule has 3 rings (SSSR count). The van der Waals surface area contributed by atoms with Gasteiger partial charge in [0, 0.05) is 0 Å². The molecule has 140 valence electrons. The zero-order valence-corrected chi connectivity index (χ0v) is 15.1. The lowest BCUT2D eigenvalue weighted by Crippen LogP contribution is -2.06. The molecule has 0 unspecified atom stereocenters. The van der Waals surface area contributed by atoms with Crippen LogP contribution in [0, 0.1) is 12.7 Å². The summed E-state index contributed by atoms with van der Waals surface area (Å²) in [7, 11) is 1.23. The lowest BCUT2D eigenvalue weighted by atomic mass is 10.2. The summed E-state index contributed by atoms with van der Waals surface area (Å²) in [5, 5.41) is 4.24. The van der Waals surface area contributed by atoms with E-state index in [1.54, 1.807) is 6.92 Å². The van der Waals surface area contributed by atoms with Crippen LogP contribution in [0.5, 0.6) is 0 Å². The summed E-state index contributed by atoms with van der Waals surface area (Å²) >= 11 is 6.27. The fourth-order valence-corrected chi connectivity index (χ4v) is 2.71. The van der Waals surface area contributed by atoms with Crippen LogP contribution in [0.1, 0.15) is 32.4 Å². The van der Waals surface area contributed by atoms with Gasteiger partial charge in [-0.3, -0.25) is 0 Å². The van der Waals surface area contributed by atoms with E-state index in [9.17, 15) is 14.0 Å². The van der Waals surface area contributed by atoms with E-state index >= 15 is 0 Å². The number of ether oxygens (including phenoxy) is 2. The maximum absolute atomic E-state index is 13.1. The number of aryl methyl sites for hydroxylation is 1. The van der Waals surface area contributed by atoms with Crippen LogP contribution in [-0.2, 0) is 16.1 Å². The van der Waals surface area contributed by atoms with Gasteiger partial charge in [-0.2, -0.15) is 5.10 Å². The van der Waals surface area contributed by atoms with Crippen molar-refractivity contribution < 1.29 is 27.9 Å². The van der Waals surface area contributed by atoms with Crippen molar-refractivity contribution in [2.75, 3.05) is 7.11 Å². The Morgan fingerprint density at radius 1 is 1.19 bits per heavy atom. The second-order valence-electron chi connectivity index (χ2n) is 5.47. The maximum Gasteiger partial charge on any atom is 0.373 e. The lowest BCUT2D eigenvalue weighted by Gasteiger charge is -2.04. The summed E-state index contributed by atoms with van der Waals surface area (Å²) in [6, 6.07) is 8.41. The zero-order valence-electron chi connectivity index (χ0n) is 14.4. The summed E-state index contributed by atoms with van der Waals surface area (Å²) in [6.07, 6.45) is 0. The van der Waals surface area contributed by atoms with Gasteiger partial charge in [0.1, 0.15) is 28.9 Å². The summed E-state index contributed by atoms with van der Waals surface area (Å²) in [6.45, 7) is 1.40. The highest BCUT2D eigenvalue weighted by atomic mass is 35.5. The fourth-order valence-electron chi connectivity index (χ4n) is 2.36. The molecule has 9 heteroatoms. The Kier molecular flexibility index (Phi) is 5.27. The molecule has 0 aliphatic carbocycles. The quantitative estimate of drug-likeness (QED) is 0.615. The smallest absolute Gasteiger partial charge is 0.373 e. The maximum atomic E-state index is 13.1. The van der Waals surface area contributed by atoms with E-state index in [2.05, 4.69) is 9.84 Å². The minimum absolute atomic E-state index is 0.00175. The van der Waals surface area contributed by atoms with Crippen LogP contribution in [0.25, 0.3) is 5.69 Å². The van der Waals surface area contributed by atoms with Gasteiger partial charge < -0.3 is 13.9 Å². The first-order valence-electron chi connectivity index (χ1n) is 7.76. The minimum Gasteiger partial charge on any atom is -0.463 e. The third-order valence-corrected chi connectivity index (χ3v) is 4.02. The van der Waals surface area contributed by atoms with Crippen molar-refractivity contribution in [2.24, 2.45) is 0 Å². The predicted octanol–water partition coefficient (Wildman–Crippen LogP) is 3.71. The van der Waals surface area contributed by atoms with Crippen molar-refractivity contribution in [1.29, 1.82) is 0 Å². The molecule has 0 N–H and O–H groups in total. The van der Waals surface area contributed by atoms with Crippen molar-refractivity contribution in [3.8, 4) is 5.69 Å². The Hall–Kier alpha value is -3.13.